The molecule has 1 aliphatic heterocycles. The second-order valence-electron chi connectivity index (χ2n) is 8.31. The van der Waals surface area contributed by atoms with Crippen LogP contribution in [-0.2, 0) is 9.53 Å². The van der Waals surface area contributed by atoms with Crippen molar-refractivity contribution in [2.75, 3.05) is 13.2 Å². The first-order valence-electron chi connectivity index (χ1n) is 12.2. The van der Waals surface area contributed by atoms with E-state index in [2.05, 4.69) is 0 Å². The molecule has 1 atom stereocenters. The lowest BCUT2D eigenvalue weighted by Crippen LogP contribution is -2.40. The van der Waals surface area contributed by atoms with Crippen molar-refractivity contribution in [3.05, 3.63) is 127 Å². The molecule has 3 aromatic carbocycles. The molecular weight excluding hydrogens is 484 g/mol. The molecular formula is C30H26N2O4S. The van der Waals surface area contributed by atoms with Crippen molar-refractivity contribution >= 4 is 29.1 Å². The maximum absolute atomic E-state index is 13.9. The van der Waals surface area contributed by atoms with E-state index in [1.54, 1.807) is 11.5 Å². The third-order valence-corrected chi connectivity index (χ3v) is 6.98. The van der Waals surface area contributed by atoms with Gasteiger partial charge in [0.2, 0.25) is 0 Å². The van der Waals surface area contributed by atoms with Gasteiger partial charge in [0.05, 0.1) is 35.1 Å². The van der Waals surface area contributed by atoms with Gasteiger partial charge in [0.1, 0.15) is 5.75 Å². The van der Waals surface area contributed by atoms with Gasteiger partial charge in [0, 0.05) is 11.1 Å². The lowest BCUT2D eigenvalue weighted by atomic mass is 9.93. The molecule has 0 bridgehead atoms. The quantitative estimate of drug-likeness (QED) is 0.347. The van der Waals surface area contributed by atoms with Crippen molar-refractivity contribution in [3.8, 4) is 5.75 Å². The zero-order valence-corrected chi connectivity index (χ0v) is 21.4. The summed E-state index contributed by atoms with van der Waals surface area (Å²) in [5, 5.41) is 0. The molecule has 186 valence electrons. The number of aromatic nitrogens is 1. The summed E-state index contributed by atoms with van der Waals surface area (Å²) in [7, 11) is 0. The van der Waals surface area contributed by atoms with Gasteiger partial charge in [-0.05, 0) is 31.6 Å². The van der Waals surface area contributed by atoms with Crippen LogP contribution in [0.1, 0.15) is 36.6 Å². The Morgan fingerprint density at radius 1 is 0.946 bits per heavy atom. The van der Waals surface area contributed by atoms with Gasteiger partial charge in [0.15, 0.2) is 4.80 Å². The number of rotatable bonds is 7. The minimum Gasteiger partial charge on any atom is -0.493 e. The predicted molar refractivity (Wildman–Crippen MR) is 145 cm³/mol. The second kappa shape index (κ2) is 10.8. The van der Waals surface area contributed by atoms with E-state index < -0.39 is 12.0 Å². The molecule has 0 saturated heterocycles. The van der Waals surface area contributed by atoms with Gasteiger partial charge in [-0.1, -0.05) is 90.2 Å². The highest BCUT2D eigenvalue weighted by atomic mass is 32.1. The number of nitrogens with zero attached hydrogens (tertiary/aromatic N) is 2. The number of carbonyl (C=O) groups is 1. The molecule has 0 spiro atoms. The van der Waals surface area contributed by atoms with Gasteiger partial charge >= 0.3 is 5.97 Å². The van der Waals surface area contributed by atoms with Crippen molar-refractivity contribution in [3.63, 3.8) is 0 Å². The Hall–Kier alpha value is -4.23. The molecule has 0 amide bonds. The van der Waals surface area contributed by atoms with Crippen LogP contribution in [0.15, 0.2) is 100 Å². The van der Waals surface area contributed by atoms with Crippen molar-refractivity contribution in [1.82, 2.24) is 4.57 Å². The first-order chi connectivity index (χ1) is 18.1. The van der Waals surface area contributed by atoms with E-state index in [1.165, 1.54) is 11.3 Å². The van der Waals surface area contributed by atoms with Crippen molar-refractivity contribution in [2.24, 2.45) is 4.99 Å². The third kappa shape index (κ3) is 4.78. The van der Waals surface area contributed by atoms with Gasteiger partial charge in [0.25, 0.3) is 5.56 Å². The lowest BCUT2D eigenvalue weighted by Gasteiger charge is -2.25. The summed E-state index contributed by atoms with van der Waals surface area (Å²) in [6.45, 7) is 4.42. The number of fused-ring (bicyclic) bond motifs is 1. The number of benzene rings is 3. The second-order valence-corrected chi connectivity index (χ2v) is 9.32. The number of hydrogen-bond donors (Lipinski definition) is 0. The van der Waals surface area contributed by atoms with Gasteiger partial charge < -0.3 is 9.47 Å². The summed E-state index contributed by atoms with van der Waals surface area (Å²) in [6, 6.07) is 26.0. The molecule has 1 aromatic heterocycles. The summed E-state index contributed by atoms with van der Waals surface area (Å²) in [4.78, 5) is 32.7. The SMILES string of the molecule is CCOC(=O)C1=C(c2ccccc2)N=c2s/c(=C\c3ccccc3OCC)c(=O)n2[C@@H]1c1ccccc1. The Morgan fingerprint density at radius 2 is 1.62 bits per heavy atom. The molecule has 0 aliphatic carbocycles. The van der Waals surface area contributed by atoms with Crippen LogP contribution >= 0.6 is 11.3 Å². The Morgan fingerprint density at radius 3 is 2.32 bits per heavy atom. The maximum atomic E-state index is 13.9. The normalized spacial score (nSPS) is 15.2. The summed E-state index contributed by atoms with van der Waals surface area (Å²) in [6.07, 6.45) is 1.83. The Bertz CT molecular complexity index is 1640. The lowest BCUT2D eigenvalue weighted by molar-refractivity contribution is -0.138. The molecule has 37 heavy (non-hydrogen) atoms. The van der Waals surface area contributed by atoms with E-state index in [9.17, 15) is 9.59 Å². The predicted octanol–water partition coefficient (Wildman–Crippen LogP) is 4.33. The highest BCUT2D eigenvalue weighted by Crippen LogP contribution is 2.35. The molecule has 0 saturated carbocycles. The zero-order chi connectivity index (χ0) is 25.8. The van der Waals surface area contributed by atoms with Gasteiger partial charge in [-0.2, -0.15) is 0 Å². The summed E-state index contributed by atoms with van der Waals surface area (Å²) in [5.74, 6) is 0.211. The average Bonchev–Trinajstić information content (AvgIpc) is 3.24. The first-order valence-corrected chi connectivity index (χ1v) is 13.0. The number of para-hydroxylation sites is 1. The molecule has 0 fully saturated rings. The highest BCUT2D eigenvalue weighted by molar-refractivity contribution is 7.07. The highest BCUT2D eigenvalue weighted by Gasteiger charge is 2.35. The summed E-state index contributed by atoms with van der Waals surface area (Å²) >= 11 is 1.29. The van der Waals surface area contributed by atoms with Gasteiger partial charge in [-0.25, -0.2) is 9.79 Å². The molecule has 6 nitrogen and oxygen atoms in total. The monoisotopic (exact) mass is 510 g/mol. The Labute approximate surface area is 218 Å². The van der Waals surface area contributed by atoms with E-state index in [1.807, 2.05) is 97.9 Å². The molecule has 0 N–H and O–H groups in total. The fraction of sp³-hybridized carbons (Fsp3) is 0.167. The molecule has 0 radical (unpaired) electrons. The number of hydrogen-bond acceptors (Lipinski definition) is 6. The van der Waals surface area contributed by atoms with Crippen molar-refractivity contribution in [2.45, 2.75) is 19.9 Å². The van der Waals surface area contributed by atoms with Crippen LogP contribution in [-0.4, -0.2) is 23.8 Å². The minimum absolute atomic E-state index is 0.213. The van der Waals surface area contributed by atoms with E-state index in [-0.39, 0.29) is 12.2 Å². The van der Waals surface area contributed by atoms with E-state index in [4.69, 9.17) is 14.5 Å². The van der Waals surface area contributed by atoms with Crippen LogP contribution in [0.3, 0.4) is 0 Å². The maximum Gasteiger partial charge on any atom is 0.338 e. The summed E-state index contributed by atoms with van der Waals surface area (Å²) in [5.41, 5.74) is 3.02. The molecule has 4 aromatic rings. The largest absolute Gasteiger partial charge is 0.493 e. The third-order valence-electron chi connectivity index (χ3n) is 5.99. The molecule has 7 heteroatoms. The smallest absolute Gasteiger partial charge is 0.338 e. The van der Waals surface area contributed by atoms with Crippen LogP contribution in [0.4, 0.5) is 0 Å². The zero-order valence-electron chi connectivity index (χ0n) is 20.6. The van der Waals surface area contributed by atoms with Gasteiger partial charge in [-0.15, -0.1) is 0 Å². The number of carbonyl (C=O) groups excluding carboxylic acids is 1. The van der Waals surface area contributed by atoms with Crippen LogP contribution in [0.25, 0.3) is 11.8 Å². The fourth-order valence-electron chi connectivity index (χ4n) is 4.42. The fourth-order valence-corrected chi connectivity index (χ4v) is 5.41. The molecule has 2 heterocycles. The van der Waals surface area contributed by atoms with Crippen LogP contribution in [0.2, 0.25) is 0 Å². The van der Waals surface area contributed by atoms with Crippen LogP contribution < -0.4 is 19.6 Å². The van der Waals surface area contributed by atoms with E-state index >= 15 is 0 Å². The van der Waals surface area contributed by atoms with Gasteiger partial charge in [-0.3, -0.25) is 9.36 Å². The molecule has 0 unspecified atom stereocenters. The Balaban J connectivity index is 1.81. The first kappa shape index (κ1) is 24.5. The number of thiazole rings is 1. The van der Waals surface area contributed by atoms with Crippen LogP contribution in [0.5, 0.6) is 5.75 Å². The molecule has 1 aliphatic rings. The van der Waals surface area contributed by atoms with Crippen molar-refractivity contribution in [1.29, 1.82) is 0 Å². The van der Waals surface area contributed by atoms with Crippen LogP contribution in [0, 0.1) is 0 Å². The topological polar surface area (TPSA) is 69.9 Å². The number of esters is 1. The standard InChI is InChI=1S/C30H26N2O4S/c1-3-35-23-18-12-11-17-22(23)19-24-28(33)32-27(21-15-9-6-10-16-21)25(29(34)36-4-2)26(31-30(32)37-24)20-13-7-5-8-14-20/h5-19,27H,3-4H2,1-2H3/b24-19-/t27-/m1/s1. The number of ether oxygens (including phenoxy) is 2. The average molecular weight is 511 g/mol. The summed E-state index contributed by atoms with van der Waals surface area (Å²) < 4.78 is 13.4. The Kier molecular flexibility index (Phi) is 7.14. The minimum atomic E-state index is -0.684. The van der Waals surface area contributed by atoms with E-state index in [0.717, 1.165) is 16.7 Å². The van der Waals surface area contributed by atoms with E-state index in [0.29, 0.717) is 33.0 Å². The van der Waals surface area contributed by atoms with Crippen molar-refractivity contribution < 1.29 is 14.3 Å². The molecule has 5 rings (SSSR count).